The second-order valence-corrected chi connectivity index (χ2v) is 1.75. The predicted molar refractivity (Wildman–Crippen MR) is 36.5 cm³/mol. The summed E-state index contributed by atoms with van der Waals surface area (Å²) in [5, 5.41) is 10.5. The minimum Gasteiger partial charge on any atom is -0.502 e. The van der Waals surface area contributed by atoms with Crippen LogP contribution in [0.2, 0.25) is 0 Å². The van der Waals surface area contributed by atoms with Crippen molar-refractivity contribution in [1.82, 2.24) is 5.32 Å². The number of carboxylic acids is 1. The highest BCUT2D eigenvalue weighted by atomic mass is 16.5. The smallest absolute Gasteiger partial charge is 0.355 e. The van der Waals surface area contributed by atoms with E-state index in [0.29, 0.717) is 0 Å². The third-order valence-corrected chi connectivity index (χ3v) is 0.777. The third-order valence-electron chi connectivity index (χ3n) is 0.777. The van der Waals surface area contributed by atoms with Crippen molar-refractivity contribution in [1.29, 1.82) is 0 Å². The summed E-state index contributed by atoms with van der Waals surface area (Å²) < 4.78 is 4.41. The minimum atomic E-state index is -1.23. The van der Waals surface area contributed by atoms with Crippen LogP contribution in [-0.2, 0) is 14.3 Å². The fraction of sp³-hybridized carbons (Fsp3) is 0.333. The highest BCUT2D eigenvalue weighted by Gasteiger charge is 2.07. The Hall–Kier alpha value is -1.52. The first kappa shape index (κ1) is 9.48. The molecule has 0 saturated heterocycles. The quantitative estimate of drug-likeness (QED) is 0.437. The Kier molecular flexibility index (Phi) is 3.72. The molecule has 0 fully saturated rings. The van der Waals surface area contributed by atoms with Gasteiger partial charge in [0.1, 0.15) is 6.26 Å². The van der Waals surface area contributed by atoms with Crippen LogP contribution in [0.15, 0.2) is 12.0 Å². The van der Waals surface area contributed by atoms with Gasteiger partial charge in [0, 0.05) is 6.92 Å². The van der Waals surface area contributed by atoms with Crippen molar-refractivity contribution in [2.45, 2.75) is 6.92 Å². The number of carbonyl (C=O) groups is 2. The standard InChI is InChI=1S/C6H9NO4/c1-4(8)7-5(3-11-2)6(9)10/h3H,1-2H3,(H,7,8)(H,9,10)/b5-3-. The predicted octanol–water partition coefficient (Wildman–Crippen LogP) is -0.305. The molecule has 0 radical (unpaired) electrons. The van der Waals surface area contributed by atoms with Crippen molar-refractivity contribution in [3.05, 3.63) is 12.0 Å². The van der Waals surface area contributed by atoms with Gasteiger partial charge in [0.15, 0.2) is 5.70 Å². The van der Waals surface area contributed by atoms with Crippen LogP contribution in [0.25, 0.3) is 0 Å². The van der Waals surface area contributed by atoms with Crippen LogP contribution in [0.1, 0.15) is 6.92 Å². The lowest BCUT2D eigenvalue weighted by molar-refractivity contribution is -0.134. The van der Waals surface area contributed by atoms with Gasteiger partial charge in [-0.15, -0.1) is 0 Å². The maximum atomic E-state index is 10.4. The van der Waals surface area contributed by atoms with Gasteiger partial charge in [-0.3, -0.25) is 4.79 Å². The number of hydrogen-bond acceptors (Lipinski definition) is 3. The van der Waals surface area contributed by atoms with E-state index in [2.05, 4.69) is 10.1 Å². The van der Waals surface area contributed by atoms with Crippen LogP contribution in [0, 0.1) is 0 Å². The first-order chi connectivity index (χ1) is 5.07. The van der Waals surface area contributed by atoms with Crippen LogP contribution >= 0.6 is 0 Å². The summed E-state index contributed by atoms with van der Waals surface area (Å²) in [5.74, 6) is -1.68. The molecule has 2 N–H and O–H groups in total. The average molecular weight is 159 g/mol. The molecule has 0 aromatic rings. The first-order valence-corrected chi connectivity index (χ1v) is 2.81. The zero-order chi connectivity index (χ0) is 8.85. The monoisotopic (exact) mass is 159 g/mol. The van der Waals surface area contributed by atoms with Gasteiger partial charge in [0.2, 0.25) is 5.91 Å². The number of amides is 1. The Morgan fingerprint density at radius 3 is 2.36 bits per heavy atom. The van der Waals surface area contributed by atoms with Gasteiger partial charge in [-0.1, -0.05) is 0 Å². The summed E-state index contributed by atoms with van der Waals surface area (Å²) in [4.78, 5) is 20.6. The molecule has 0 aromatic carbocycles. The van der Waals surface area contributed by atoms with Crippen LogP contribution in [0.3, 0.4) is 0 Å². The normalized spacial score (nSPS) is 10.5. The Labute approximate surface area is 63.7 Å². The van der Waals surface area contributed by atoms with E-state index in [0.717, 1.165) is 6.26 Å². The molecule has 0 spiro atoms. The molecule has 0 bridgehead atoms. The van der Waals surface area contributed by atoms with Crippen LogP contribution < -0.4 is 5.32 Å². The Morgan fingerprint density at radius 2 is 2.09 bits per heavy atom. The van der Waals surface area contributed by atoms with Crippen molar-refractivity contribution >= 4 is 11.9 Å². The van der Waals surface area contributed by atoms with Gasteiger partial charge in [-0.05, 0) is 0 Å². The second kappa shape index (κ2) is 4.32. The summed E-state index contributed by atoms with van der Waals surface area (Å²) in [6.45, 7) is 1.21. The van der Waals surface area contributed by atoms with Crippen molar-refractivity contribution in [3.8, 4) is 0 Å². The van der Waals surface area contributed by atoms with Gasteiger partial charge in [-0.25, -0.2) is 4.79 Å². The molecule has 62 valence electrons. The lowest BCUT2D eigenvalue weighted by Gasteiger charge is -2.00. The summed E-state index contributed by atoms with van der Waals surface area (Å²) >= 11 is 0. The maximum Gasteiger partial charge on any atom is 0.355 e. The van der Waals surface area contributed by atoms with Crippen LogP contribution in [0.5, 0.6) is 0 Å². The zero-order valence-corrected chi connectivity index (χ0v) is 6.25. The van der Waals surface area contributed by atoms with Gasteiger partial charge in [0.05, 0.1) is 7.11 Å². The van der Waals surface area contributed by atoms with Gasteiger partial charge < -0.3 is 15.2 Å². The van der Waals surface area contributed by atoms with Gasteiger partial charge in [0.25, 0.3) is 0 Å². The van der Waals surface area contributed by atoms with E-state index in [1.807, 2.05) is 0 Å². The molecule has 0 heterocycles. The van der Waals surface area contributed by atoms with E-state index in [1.165, 1.54) is 14.0 Å². The lowest BCUT2D eigenvalue weighted by atomic mass is 10.4. The van der Waals surface area contributed by atoms with E-state index >= 15 is 0 Å². The number of aliphatic carboxylic acids is 1. The summed E-state index contributed by atoms with van der Waals surface area (Å²) in [5.41, 5.74) is -0.278. The number of hydrogen-bond donors (Lipinski definition) is 2. The molecule has 0 saturated carbocycles. The minimum absolute atomic E-state index is 0.278. The Bertz CT molecular complexity index is 197. The number of rotatable bonds is 3. The average Bonchev–Trinajstić information content (AvgIpc) is 1.86. The molecule has 0 unspecified atom stereocenters. The summed E-state index contributed by atoms with van der Waals surface area (Å²) in [6.07, 6.45) is 0.948. The fourth-order valence-corrected chi connectivity index (χ4v) is 0.441. The van der Waals surface area contributed by atoms with E-state index < -0.39 is 11.9 Å². The van der Waals surface area contributed by atoms with E-state index in [9.17, 15) is 9.59 Å². The molecule has 0 aromatic heterocycles. The van der Waals surface area contributed by atoms with Crippen molar-refractivity contribution in [3.63, 3.8) is 0 Å². The Balaban J connectivity index is 4.23. The number of nitrogens with one attached hydrogen (secondary N) is 1. The van der Waals surface area contributed by atoms with Crippen molar-refractivity contribution in [2.24, 2.45) is 0 Å². The molecule has 1 amide bonds. The summed E-state index contributed by atoms with van der Waals surface area (Å²) in [7, 11) is 1.30. The fourth-order valence-electron chi connectivity index (χ4n) is 0.441. The number of carbonyl (C=O) groups excluding carboxylic acids is 1. The highest BCUT2D eigenvalue weighted by Crippen LogP contribution is 1.88. The number of carboxylic acid groups (broad SMARTS) is 1. The van der Waals surface area contributed by atoms with Crippen molar-refractivity contribution < 1.29 is 19.4 Å². The Morgan fingerprint density at radius 1 is 1.55 bits per heavy atom. The van der Waals surface area contributed by atoms with Crippen molar-refractivity contribution in [2.75, 3.05) is 7.11 Å². The molecular weight excluding hydrogens is 150 g/mol. The van der Waals surface area contributed by atoms with E-state index in [1.54, 1.807) is 0 Å². The van der Waals surface area contributed by atoms with E-state index in [-0.39, 0.29) is 5.70 Å². The largest absolute Gasteiger partial charge is 0.502 e. The molecule has 5 heteroatoms. The van der Waals surface area contributed by atoms with E-state index in [4.69, 9.17) is 5.11 Å². The molecule has 0 atom stereocenters. The van der Waals surface area contributed by atoms with Gasteiger partial charge in [-0.2, -0.15) is 0 Å². The first-order valence-electron chi connectivity index (χ1n) is 2.81. The molecule has 11 heavy (non-hydrogen) atoms. The molecule has 0 aliphatic rings. The zero-order valence-electron chi connectivity index (χ0n) is 6.25. The molecule has 5 nitrogen and oxygen atoms in total. The topological polar surface area (TPSA) is 75.6 Å². The van der Waals surface area contributed by atoms with Crippen LogP contribution in [-0.4, -0.2) is 24.1 Å². The van der Waals surface area contributed by atoms with Crippen LogP contribution in [0.4, 0.5) is 0 Å². The van der Waals surface area contributed by atoms with Gasteiger partial charge >= 0.3 is 5.97 Å². The molecule has 0 aliphatic heterocycles. The molecule has 0 rings (SSSR count). The number of ether oxygens (including phenoxy) is 1. The summed E-state index contributed by atoms with van der Waals surface area (Å²) in [6, 6.07) is 0. The lowest BCUT2D eigenvalue weighted by Crippen LogP contribution is -2.24. The third kappa shape index (κ3) is 3.96. The molecule has 0 aliphatic carbocycles. The number of methoxy groups -OCH3 is 1. The second-order valence-electron chi connectivity index (χ2n) is 1.75. The molecular formula is C6H9NO4. The highest BCUT2D eigenvalue weighted by molar-refractivity contribution is 5.91. The maximum absolute atomic E-state index is 10.4. The SMILES string of the molecule is CO/C=C(\NC(C)=O)C(=O)O.